The highest BCUT2D eigenvalue weighted by molar-refractivity contribution is 6.34. The van der Waals surface area contributed by atoms with Gasteiger partial charge in [-0.2, -0.15) is 0 Å². The highest BCUT2D eigenvalue weighted by Crippen LogP contribution is 2.27. The van der Waals surface area contributed by atoms with Gasteiger partial charge < -0.3 is 0 Å². The first-order chi connectivity index (χ1) is 9.95. The Balaban J connectivity index is 2.24. The molecule has 0 atom stereocenters. The molecule has 0 saturated heterocycles. The number of aryl methyl sites for hydroxylation is 2. The van der Waals surface area contributed by atoms with Crippen LogP contribution in [0.4, 0.5) is 8.78 Å². The summed E-state index contributed by atoms with van der Waals surface area (Å²) in [5.74, 6) is -0.435. The van der Waals surface area contributed by atoms with E-state index < -0.39 is 0 Å². The van der Waals surface area contributed by atoms with Crippen molar-refractivity contribution in [3.8, 4) is 11.4 Å². The molecule has 3 rings (SSSR count). The van der Waals surface area contributed by atoms with Crippen LogP contribution in [-0.2, 0) is 0 Å². The summed E-state index contributed by atoms with van der Waals surface area (Å²) >= 11 is 6.14. The minimum absolute atomic E-state index is 0.221. The molecule has 0 spiro atoms. The van der Waals surface area contributed by atoms with E-state index in [2.05, 4.69) is 9.97 Å². The second kappa shape index (κ2) is 5.04. The maximum atomic E-state index is 13.7. The van der Waals surface area contributed by atoms with Crippen molar-refractivity contribution in [2.45, 2.75) is 13.8 Å². The molecule has 0 unspecified atom stereocenters. The Morgan fingerprint density at radius 2 is 1.62 bits per heavy atom. The van der Waals surface area contributed by atoms with E-state index in [9.17, 15) is 8.78 Å². The van der Waals surface area contributed by atoms with Gasteiger partial charge in [-0.25, -0.2) is 18.7 Å². The summed E-state index contributed by atoms with van der Waals surface area (Å²) in [7, 11) is 0. The minimum Gasteiger partial charge on any atom is -0.228 e. The zero-order valence-corrected chi connectivity index (χ0v) is 12.2. The Morgan fingerprint density at radius 1 is 0.905 bits per heavy atom. The number of halogens is 3. The van der Waals surface area contributed by atoms with Crippen molar-refractivity contribution in [2.24, 2.45) is 0 Å². The van der Waals surface area contributed by atoms with E-state index in [-0.39, 0.29) is 22.6 Å². The van der Waals surface area contributed by atoms with Gasteiger partial charge in [0.1, 0.15) is 16.8 Å². The van der Waals surface area contributed by atoms with E-state index in [1.807, 2.05) is 0 Å². The van der Waals surface area contributed by atoms with Gasteiger partial charge in [-0.15, -0.1) is 0 Å². The van der Waals surface area contributed by atoms with Gasteiger partial charge in [0.05, 0.1) is 5.52 Å². The summed E-state index contributed by atoms with van der Waals surface area (Å²) in [5, 5.41) is 0.797. The lowest BCUT2D eigenvalue weighted by molar-refractivity contribution is 0.618. The average molecular weight is 305 g/mol. The van der Waals surface area contributed by atoms with Crippen LogP contribution in [0.2, 0.25) is 5.15 Å². The third kappa shape index (κ3) is 2.47. The van der Waals surface area contributed by atoms with Crippen molar-refractivity contribution in [1.82, 2.24) is 9.97 Å². The van der Waals surface area contributed by atoms with Crippen LogP contribution >= 0.6 is 11.6 Å². The smallest absolute Gasteiger partial charge is 0.161 e. The predicted octanol–water partition coefficient (Wildman–Crippen LogP) is 4.85. The zero-order chi connectivity index (χ0) is 15.1. The lowest BCUT2D eigenvalue weighted by Crippen LogP contribution is -1.95. The van der Waals surface area contributed by atoms with Crippen LogP contribution in [0.15, 0.2) is 30.3 Å². The van der Waals surface area contributed by atoms with Crippen LogP contribution in [0.25, 0.3) is 22.3 Å². The molecule has 0 aliphatic rings. The van der Waals surface area contributed by atoms with Gasteiger partial charge in [0, 0.05) is 17.0 Å². The van der Waals surface area contributed by atoms with Gasteiger partial charge in [0.25, 0.3) is 0 Å². The molecule has 21 heavy (non-hydrogen) atoms. The van der Waals surface area contributed by atoms with Crippen molar-refractivity contribution in [3.63, 3.8) is 0 Å². The maximum absolute atomic E-state index is 13.7. The van der Waals surface area contributed by atoms with Gasteiger partial charge in [-0.05, 0) is 37.1 Å². The normalized spacial score (nSPS) is 11.1. The summed E-state index contributed by atoms with van der Waals surface area (Å²) in [5.41, 5.74) is 1.91. The highest BCUT2D eigenvalue weighted by Gasteiger charge is 2.11. The molecule has 0 amide bonds. The molecule has 0 fully saturated rings. The molecule has 0 saturated carbocycles. The van der Waals surface area contributed by atoms with E-state index in [0.29, 0.717) is 27.6 Å². The summed E-state index contributed by atoms with van der Waals surface area (Å²) < 4.78 is 27.3. The molecule has 5 heteroatoms. The molecular formula is C16H11ClF2N2. The van der Waals surface area contributed by atoms with Gasteiger partial charge in [0.2, 0.25) is 0 Å². The topological polar surface area (TPSA) is 25.8 Å². The van der Waals surface area contributed by atoms with Gasteiger partial charge in [0.15, 0.2) is 5.82 Å². The average Bonchev–Trinajstić information content (AvgIpc) is 2.44. The predicted molar refractivity (Wildman–Crippen MR) is 79.4 cm³/mol. The standard InChI is InChI=1S/C16H11ClF2N2/c1-8-3-4-10(6-12(8)18)16-20-14-7-13(19)9(2)5-11(14)15(17)21-16/h3-7H,1-2H3. The Labute approximate surface area is 125 Å². The fourth-order valence-electron chi connectivity index (χ4n) is 2.08. The molecule has 3 aromatic rings. The molecule has 0 aliphatic heterocycles. The Bertz CT molecular complexity index is 863. The Kier molecular flexibility index (Phi) is 3.33. The summed E-state index contributed by atoms with van der Waals surface area (Å²) in [6.45, 7) is 3.32. The largest absolute Gasteiger partial charge is 0.228 e. The molecule has 0 radical (unpaired) electrons. The lowest BCUT2D eigenvalue weighted by atomic mass is 10.1. The lowest BCUT2D eigenvalue weighted by Gasteiger charge is -2.07. The highest BCUT2D eigenvalue weighted by atomic mass is 35.5. The summed E-state index contributed by atoms with van der Waals surface area (Å²) in [6.07, 6.45) is 0. The summed E-state index contributed by atoms with van der Waals surface area (Å²) in [4.78, 5) is 8.46. The maximum Gasteiger partial charge on any atom is 0.161 e. The van der Waals surface area contributed by atoms with Gasteiger partial charge in [-0.3, -0.25) is 0 Å². The third-order valence-corrected chi connectivity index (χ3v) is 3.65. The van der Waals surface area contributed by atoms with E-state index in [0.717, 1.165) is 0 Å². The minimum atomic E-state index is -0.363. The fourth-order valence-corrected chi connectivity index (χ4v) is 2.31. The van der Waals surface area contributed by atoms with Crippen LogP contribution in [-0.4, -0.2) is 9.97 Å². The third-order valence-electron chi connectivity index (χ3n) is 3.36. The zero-order valence-electron chi connectivity index (χ0n) is 11.4. The van der Waals surface area contributed by atoms with Crippen molar-refractivity contribution >= 4 is 22.5 Å². The molecule has 106 valence electrons. The first-order valence-electron chi connectivity index (χ1n) is 6.35. The fraction of sp³-hybridized carbons (Fsp3) is 0.125. The molecule has 1 aromatic heterocycles. The van der Waals surface area contributed by atoms with Crippen molar-refractivity contribution < 1.29 is 8.78 Å². The van der Waals surface area contributed by atoms with Crippen LogP contribution in [0.1, 0.15) is 11.1 Å². The molecule has 0 bridgehead atoms. The van der Waals surface area contributed by atoms with Crippen LogP contribution in [0.3, 0.4) is 0 Å². The van der Waals surface area contributed by atoms with E-state index >= 15 is 0 Å². The number of nitrogens with zero attached hydrogens (tertiary/aromatic N) is 2. The Morgan fingerprint density at radius 3 is 2.33 bits per heavy atom. The second-order valence-corrected chi connectivity index (χ2v) is 5.28. The van der Waals surface area contributed by atoms with Crippen LogP contribution < -0.4 is 0 Å². The summed E-state index contributed by atoms with van der Waals surface area (Å²) in [6, 6.07) is 7.61. The van der Waals surface area contributed by atoms with Crippen molar-refractivity contribution in [2.75, 3.05) is 0 Å². The molecule has 0 N–H and O–H groups in total. The molecule has 2 nitrogen and oxygen atoms in total. The molecule has 0 aliphatic carbocycles. The number of aromatic nitrogens is 2. The quantitative estimate of drug-likeness (QED) is 0.601. The number of fused-ring (bicyclic) bond motifs is 1. The molecule has 2 aromatic carbocycles. The number of hydrogen-bond acceptors (Lipinski definition) is 2. The first-order valence-corrected chi connectivity index (χ1v) is 6.73. The van der Waals surface area contributed by atoms with Crippen LogP contribution in [0, 0.1) is 25.5 Å². The van der Waals surface area contributed by atoms with Gasteiger partial charge >= 0.3 is 0 Å². The van der Waals surface area contributed by atoms with E-state index in [1.165, 1.54) is 12.1 Å². The monoisotopic (exact) mass is 304 g/mol. The van der Waals surface area contributed by atoms with Crippen molar-refractivity contribution in [3.05, 3.63) is 58.2 Å². The Hall–Kier alpha value is -2.07. The van der Waals surface area contributed by atoms with Crippen molar-refractivity contribution in [1.29, 1.82) is 0 Å². The van der Waals surface area contributed by atoms with Gasteiger partial charge in [-0.1, -0.05) is 23.7 Å². The van der Waals surface area contributed by atoms with Crippen LogP contribution in [0.5, 0.6) is 0 Å². The molecular weight excluding hydrogens is 294 g/mol. The van der Waals surface area contributed by atoms with E-state index in [4.69, 9.17) is 11.6 Å². The number of hydrogen-bond donors (Lipinski definition) is 0. The van der Waals surface area contributed by atoms with E-state index in [1.54, 1.807) is 32.0 Å². The second-order valence-electron chi connectivity index (χ2n) is 4.92. The number of benzene rings is 2. The number of rotatable bonds is 1. The first kappa shape index (κ1) is 13.9. The molecule has 1 heterocycles. The SMILES string of the molecule is Cc1ccc(-c2nc(Cl)c3cc(C)c(F)cc3n2)cc1F.